The Balaban J connectivity index is 2.00. The van der Waals surface area contributed by atoms with Gasteiger partial charge < -0.3 is 0 Å². The quantitative estimate of drug-likeness (QED) is 0.316. The molecule has 0 amide bonds. The molecule has 3 nitrogen and oxygen atoms in total. The molecule has 0 saturated heterocycles. The summed E-state index contributed by atoms with van der Waals surface area (Å²) < 4.78 is 23.4. The average Bonchev–Trinajstić information content (AvgIpc) is 2.74. The minimum absolute atomic E-state index is 0.165. The third-order valence-corrected chi connectivity index (χ3v) is 7.35. The smallest absolute Gasteiger partial charge is 0.222 e. The Morgan fingerprint density at radius 3 is 1.27 bits per heavy atom. The molecule has 2 atom stereocenters. The van der Waals surface area contributed by atoms with Crippen molar-refractivity contribution in [2.24, 2.45) is 0 Å². The SMILES string of the molecule is CCCC(C)(CC)c1ccc(O[P+](=O)Oc2ccc(C(C)(CC)CCC)cc2)cc1. The van der Waals surface area contributed by atoms with Gasteiger partial charge >= 0.3 is 8.25 Å². The molecule has 0 spiro atoms. The van der Waals surface area contributed by atoms with E-state index in [-0.39, 0.29) is 10.8 Å². The standard InChI is InChI=1S/C26H38O3P/c1-7-19-25(5,9-3)21-11-15-23(16-12-21)28-30(27)29-24-17-13-22(14-18-24)26(6,10-4)20-8-2/h11-18H,7-10,19-20H2,1-6H3/q+1. The van der Waals surface area contributed by atoms with E-state index in [0.717, 1.165) is 38.5 Å². The van der Waals surface area contributed by atoms with Crippen molar-refractivity contribution in [2.75, 3.05) is 0 Å². The van der Waals surface area contributed by atoms with Gasteiger partial charge in [-0.1, -0.05) is 78.6 Å². The molecule has 0 aliphatic heterocycles. The van der Waals surface area contributed by atoms with Gasteiger partial charge in [-0.3, -0.25) is 0 Å². The molecule has 2 aromatic rings. The normalized spacial score (nSPS) is 15.7. The molecule has 0 aromatic heterocycles. The van der Waals surface area contributed by atoms with Crippen LogP contribution in [0.4, 0.5) is 0 Å². The number of hydrogen-bond donors (Lipinski definition) is 0. The van der Waals surface area contributed by atoms with Crippen LogP contribution in [-0.2, 0) is 15.4 Å². The second-order valence-corrected chi connectivity index (χ2v) is 9.60. The molecule has 2 unspecified atom stereocenters. The van der Waals surface area contributed by atoms with Gasteiger partial charge in [-0.15, -0.1) is 0 Å². The van der Waals surface area contributed by atoms with Gasteiger partial charge in [0.05, 0.1) is 0 Å². The Bertz CT molecular complexity index is 733. The van der Waals surface area contributed by atoms with Crippen LogP contribution in [0.3, 0.4) is 0 Å². The molecule has 0 N–H and O–H groups in total. The zero-order valence-corrected chi connectivity index (χ0v) is 20.4. The first-order valence-electron chi connectivity index (χ1n) is 11.3. The molecule has 0 heterocycles. The summed E-state index contributed by atoms with van der Waals surface area (Å²) in [7, 11) is -2.28. The maximum atomic E-state index is 12.4. The Morgan fingerprint density at radius 1 is 0.667 bits per heavy atom. The van der Waals surface area contributed by atoms with Crippen LogP contribution in [0.2, 0.25) is 0 Å². The Morgan fingerprint density at radius 2 is 1.00 bits per heavy atom. The summed E-state index contributed by atoms with van der Waals surface area (Å²) >= 11 is 0. The van der Waals surface area contributed by atoms with E-state index in [1.165, 1.54) is 11.1 Å². The summed E-state index contributed by atoms with van der Waals surface area (Å²) in [5, 5.41) is 0. The van der Waals surface area contributed by atoms with Crippen molar-refractivity contribution < 1.29 is 13.6 Å². The van der Waals surface area contributed by atoms with Crippen LogP contribution in [0.1, 0.15) is 91.2 Å². The van der Waals surface area contributed by atoms with Gasteiger partial charge in [-0.05, 0) is 71.9 Å². The van der Waals surface area contributed by atoms with Crippen LogP contribution in [0.15, 0.2) is 48.5 Å². The van der Waals surface area contributed by atoms with Crippen LogP contribution < -0.4 is 9.05 Å². The Hall–Kier alpha value is -1.86. The molecule has 2 rings (SSSR count). The first kappa shape index (κ1) is 24.4. The lowest BCUT2D eigenvalue weighted by molar-refractivity contribution is 0.407. The van der Waals surface area contributed by atoms with Crippen molar-refractivity contribution in [1.82, 2.24) is 0 Å². The minimum Gasteiger partial charge on any atom is -0.222 e. The van der Waals surface area contributed by atoms with Crippen LogP contribution in [0.5, 0.6) is 11.5 Å². The number of benzene rings is 2. The topological polar surface area (TPSA) is 35.5 Å². The van der Waals surface area contributed by atoms with Crippen LogP contribution >= 0.6 is 8.25 Å². The highest BCUT2D eigenvalue weighted by Crippen LogP contribution is 2.37. The molecule has 30 heavy (non-hydrogen) atoms. The van der Waals surface area contributed by atoms with Gasteiger partial charge in [0.1, 0.15) is 0 Å². The first-order valence-corrected chi connectivity index (χ1v) is 12.4. The highest BCUT2D eigenvalue weighted by molar-refractivity contribution is 7.34. The Kier molecular flexibility index (Phi) is 8.92. The van der Waals surface area contributed by atoms with Crippen LogP contribution in [-0.4, -0.2) is 0 Å². The van der Waals surface area contributed by atoms with E-state index in [4.69, 9.17) is 9.05 Å². The summed E-state index contributed by atoms with van der Waals surface area (Å²) in [6.07, 6.45) is 6.76. The fraction of sp³-hybridized carbons (Fsp3) is 0.538. The lowest BCUT2D eigenvalue weighted by atomic mass is 9.76. The maximum absolute atomic E-state index is 12.4. The predicted octanol–water partition coefficient (Wildman–Crippen LogP) is 8.74. The molecular formula is C26H38O3P+. The summed E-state index contributed by atoms with van der Waals surface area (Å²) in [4.78, 5) is 0. The third-order valence-electron chi connectivity index (χ3n) is 6.63. The lowest BCUT2D eigenvalue weighted by Gasteiger charge is -2.28. The highest BCUT2D eigenvalue weighted by Gasteiger charge is 2.28. The fourth-order valence-corrected chi connectivity index (χ4v) is 4.81. The molecule has 0 aliphatic carbocycles. The largest absolute Gasteiger partial charge is 0.805 e. The van der Waals surface area contributed by atoms with E-state index in [9.17, 15) is 4.57 Å². The molecule has 4 heteroatoms. The van der Waals surface area contributed by atoms with Gasteiger partial charge in [0.25, 0.3) is 0 Å². The molecule has 0 saturated carbocycles. The maximum Gasteiger partial charge on any atom is 0.805 e. The van der Waals surface area contributed by atoms with Gasteiger partial charge in [0.2, 0.25) is 0 Å². The fourth-order valence-electron chi connectivity index (χ4n) is 4.18. The Labute approximate surface area is 184 Å². The van der Waals surface area contributed by atoms with Crippen molar-refractivity contribution in [3.8, 4) is 11.5 Å². The zero-order chi connectivity index (χ0) is 22.2. The van der Waals surface area contributed by atoms with Gasteiger partial charge in [0.15, 0.2) is 11.5 Å². The summed E-state index contributed by atoms with van der Waals surface area (Å²) in [5.41, 5.74) is 2.91. The summed E-state index contributed by atoms with van der Waals surface area (Å²) in [6.45, 7) is 13.5. The molecule has 164 valence electrons. The van der Waals surface area contributed by atoms with Crippen molar-refractivity contribution in [1.29, 1.82) is 0 Å². The van der Waals surface area contributed by atoms with E-state index in [2.05, 4.69) is 65.8 Å². The third kappa shape index (κ3) is 6.08. The second-order valence-electron chi connectivity index (χ2n) is 8.78. The van der Waals surface area contributed by atoms with Crippen LogP contribution in [0.25, 0.3) is 0 Å². The van der Waals surface area contributed by atoms with Gasteiger partial charge in [-0.2, -0.15) is 0 Å². The minimum atomic E-state index is -2.28. The zero-order valence-electron chi connectivity index (χ0n) is 19.5. The lowest BCUT2D eigenvalue weighted by Crippen LogP contribution is -2.20. The molecule has 0 fully saturated rings. The van der Waals surface area contributed by atoms with Crippen molar-refractivity contribution in [2.45, 2.75) is 90.9 Å². The van der Waals surface area contributed by atoms with Crippen molar-refractivity contribution >= 4 is 8.25 Å². The van der Waals surface area contributed by atoms with E-state index < -0.39 is 8.25 Å². The number of rotatable bonds is 12. The molecule has 0 bridgehead atoms. The highest BCUT2D eigenvalue weighted by atomic mass is 31.1. The van der Waals surface area contributed by atoms with E-state index in [1.807, 2.05) is 24.3 Å². The summed E-state index contributed by atoms with van der Waals surface area (Å²) in [5.74, 6) is 1.13. The van der Waals surface area contributed by atoms with Crippen molar-refractivity contribution in [3.63, 3.8) is 0 Å². The predicted molar refractivity (Wildman–Crippen MR) is 127 cm³/mol. The second kappa shape index (κ2) is 11.0. The van der Waals surface area contributed by atoms with Crippen LogP contribution in [0, 0.1) is 0 Å². The van der Waals surface area contributed by atoms with Gasteiger partial charge in [0, 0.05) is 4.57 Å². The average molecular weight is 430 g/mol. The molecule has 0 aliphatic rings. The molecular weight excluding hydrogens is 391 g/mol. The van der Waals surface area contributed by atoms with Gasteiger partial charge in [-0.25, -0.2) is 9.05 Å². The van der Waals surface area contributed by atoms with E-state index in [1.54, 1.807) is 0 Å². The van der Waals surface area contributed by atoms with E-state index in [0.29, 0.717) is 11.5 Å². The van der Waals surface area contributed by atoms with E-state index >= 15 is 0 Å². The number of hydrogen-bond acceptors (Lipinski definition) is 3. The van der Waals surface area contributed by atoms with Crippen molar-refractivity contribution in [3.05, 3.63) is 59.7 Å². The summed E-state index contributed by atoms with van der Waals surface area (Å²) in [6, 6.07) is 15.8. The molecule has 0 radical (unpaired) electrons. The molecule has 2 aromatic carbocycles. The first-order chi connectivity index (χ1) is 14.3. The monoisotopic (exact) mass is 429 g/mol.